The molecule has 1 N–H and O–H groups in total. The van der Waals surface area contributed by atoms with E-state index in [9.17, 15) is 0 Å². The SMILES string of the molecule is CC.COCCCCCCOc1ccc([C](=[V])OCCCOO)cc1. The Labute approximate surface area is 161 Å². The van der Waals surface area contributed by atoms with E-state index in [1.807, 2.05) is 38.1 Å². The van der Waals surface area contributed by atoms with Crippen molar-refractivity contribution in [2.24, 2.45) is 0 Å². The van der Waals surface area contributed by atoms with Crippen molar-refractivity contribution >= 4 is 4.41 Å². The number of rotatable bonds is 14. The predicted molar refractivity (Wildman–Crippen MR) is 96.9 cm³/mol. The van der Waals surface area contributed by atoms with Gasteiger partial charge < -0.3 is 4.74 Å². The summed E-state index contributed by atoms with van der Waals surface area (Å²) < 4.78 is 17.1. The van der Waals surface area contributed by atoms with E-state index in [-0.39, 0.29) is 6.61 Å². The minimum absolute atomic E-state index is 0.276. The van der Waals surface area contributed by atoms with Crippen LogP contribution in [0, 0.1) is 0 Å². The quantitative estimate of drug-likeness (QED) is 0.292. The van der Waals surface area contributed by atoms with Crippen molar-refractivity contribution in [2.45, 2.75) is 46.0 Å². The first-order valence-electron chi connectivity index (χ1n) is 8.95. The van der Waals surface area contributed by atoms with Crippen LogP contribution in [0.3, 0.4) is 0 Å². The zero-order valence-electron chi connectivity index (χ0n) is 15.7. The molecule has 0 aliphatic carbocycles. The second kappa shape index (κ2) is 18.1. The van der Waals surface area contributed by atoms with E-state index in [1.54, 1.807) is 7.11 Å². The van der Waals surface area contributed by atoms with Gasteiger partial charge in [0.15, 0.2) is 0 Å². The van der Waals surface area contributed by atoms with Crippen molar-refractivity contribution in [3.63, 3.8) is 0 Å². The predicted octanol–water partition coefficient (Wildman–Crippen LogP) is 4.22. The second-order valence-corrected chi connectivity index (χ2v) is 5.75. The summed E-state index contributed by atoms with van der Waals surface area (Å²) in [6.45, 7) is 6.36. The van der Waals surface area contributed by atoms with Gasteiger partial charge in [-0.3, -0.25) is 0 Å². The molecule has 0 fully saturated rings. The second-order valence-electron chi connectivity index (χ2n) is 5.12. The number of hydrogen-bond acceptors (Lipinski definition) is 5. The van der Waals surface area contributed by atoms with Gasteiger partial charge in [0.05, 0.1) is 0 Å². The summed E-state index contributed by atoms with van der Waals surface area (Å²) in [6.07, 6.45) is 5.16. The third kappa shape index (κ3) is 13.2. The van der Waals surface area contributed by atoms with Gasteiger partial charge in [-0.2, -0.15) is 0 Å². The van der Waals surface area contributed by atoms with E-state index in [1.165, 1.54) is 6.42 Å². The molecule has 0 saturated heterocycles. The molecule has 0 amide bonds. The van der Waals surface area contributed by atoms with E-state index >= 15 is 0 Å². The normalized spacial score (nSPS) is 10.0. The van der Waals surface area contributed by atoms with Crippen LogP contribution in [0.5, 0.6) is 5.75 Å². The third-order valence-corrected chi connectivity index (χ3v) is 3.84. The van der Waals surface area contributed by atoms with Crippen molar-refractivity contribution in [2.75, 3.05) is 33.5 Å². The Morgan fingerprint density at radius 1 is 0.880 bits per heavy atom. The van der Waals surface area contributed by atoms with E-state index < -0.39 is 0 Å². The Morgan fingerprint density at radius 2 is 1.52 bits per heavy atom. The Hall–Kier alpha value is -0.686. The monoisotopic (exact) mass is 391 g/mol. The summed E-state index contributed by atoms with van der Waals surface area (Å²) in [4.78, 5) is 4.00. The first-order valence-corrected chi connectivity index (χ1v) is 9.65. The van der Waals surface area contributed by atoms with Crippen LogP contribution in [-0.2, 0) is 31.3 Å². The van der Waals surface area contributed by atoms with Gasteiger partial charge in [0.2, 0.25) is 0 Å². The van der Waals surface area contributed by atoms with Gasteiger partial charge in [-0.15, -0.1) is 0 Å². The number of unbranched alkanes of at least 4 members (excludes halogenated alkanes) is 3. The number of hydrogen-bond donors (Lipinski definition) is 1. The van der Waals surface area contributed by atoms with E-state index in [2.05, 4.69) is 21.9 Å². The number of benzene rings is 1. The van der Waals surface area contributed by atoms with Crippen molar-refractivity contribution in [1.29, 1.82) is 0 Å². The number of methoxy groups -OCH3 is 1. The van der Waals surface area contributed by atoms with Crippen molar-refractivity contribution in [1.82, 2.24) is 0 Å². The van der Waals surface area contributed by atoms with Crippen LogP contribution < -0.4 is 4.74 Å². The summed E-state index contributed by atoms with van der Waals surface area (Å²) in [7, 11) is 1.74. The van der Waals surface area contributed by atoms with E-state index in [4.69, 9.17) is 19.5 Å². The molecule has 1 aromatic rings. The molecule has 0 atom stereocenters. The molecular weight excluding hydrogens is 359 g/mol. The molecule has 0 bridgehead atoms. The molecule has 0 radical (unpaired) electrons. The molecule has 1 aromatic carbocycles. The van der Waals surface area contributed by atoms with Crippen LogP contribution in [0.15, 0.2) is 24.3 Å². The summed E-state index contributed by atoms with van der Waals surface area (Å²) in [6, 6.07) is 7.86. The molecule has 0 unspecified atom stereocenters. The van der Waals surface area contributed by atoms with Gasteiger partial charge in [0, 0.05) is 7.11 Å². The van der Waals surface area contributed by atoms with Crippen LogP contribution in [-0.4, -0.2) is 43.2 Å². The Balaban J connectivity index is 0.00000277. The third-order valence-electron chi connectivity index (χ3n) is 3.23. The van der Waals surface area contributed by atoms with Crippen molar-refractivity contribution in [3.8, 4) is 5.75 Å². The summed E-state index contributed by atoms with van der Waals surface area (Å²) >= 11 is 2.42. The van der Waals surface area contributed by atoms with Gasteiger partial charge >= 0.3 is 135 Å². The molecular formula is C19H32O5V. The number of ether oxygens (including phenoxy) is 3. The molecule has 1 rings (SSSR count). The zero-order chi connectivity index (χ0) is 18.8. The van der Waals surface area contributed by atoms with Crippen LogP contribution in [0.4, 0.5) is 0 Å². The molecule has 0 aliphatic rings. The van der Waals surface area contributed by atoms with Crippen molar-refractivity contribution < 1.29 is 41.3 Å². The van der Waals surface area contributed by atoms with E-state index in [0.717, 1.165) is 48.2 Å². The zero-order valence-corrected chi connectivity index (χ0v) is 17.1. The first-order chi connectivity index (χ1) is 12.3. The van der Waals surface area contributed by atoms with Crippen LogP contribution >= 0.6 is 0 Å². The van der Waals surface area contributed by atoms with Gasteiger partial charge in [-0.1, -0.05) is 13.8 Å². The molecule has 0 aromatic heterocycles. The topological polar surface area (TPSA) is 57.2 Å². The van der Waals surface area contributed by atoms with Gasteiger partial charge in [-0.05, 0) is 0 Å². The molecule has 5 nitrogen and oxygen atoms in total. The first kappa shape index (κ1) is 24.3. The molecule has 6 heteroatoms. The van der Waals surface area contributed by atoms with Crippen molar-refractivity contribution in [3.05, 3.63) is 29.8 Å². The molecule has 0 heterocycles. The minimum atomic E-state index is 0.276. The molecule has 143 valence electrons. The van der Waals surface area contributed by atoms with E-state index in [0.29, 0.717) is 13.0 Å². The molecule has 0 spiro atoms. The fourth-order valence-corrected chi connectivity index (χ4v) is 2.34. The fraction of sp³-hybridized carbons (Fsp3) is 0.632. The maximum atomic E-state index is 8.24. The summed E-state index contributed by atoms with van der Waals surface area (Å²) in [5, 5.41) is 8.24. The Morgan fingerprint density at radius 3 is 2.12 bits per heavy atom. The average Bonchev–Trinajstić information content (AvgIpc) is 2.66. The Bertz CT molecular complexity index is 422. The molecule has 0 saturated carbocycles. The van der Waals surface area contributed by atoms with Gasteiger partial charge in [0.1, 0.15) is 0 Å². The van der Waals surface area contributed by atoms with Crippen LogP contribution in [0.2, 0.25) is 0 Å². The standard InChI is InChI=1S/C17H26O5.C2H6.V/c1-19-11-4-2-3-5-13-21-17-9-7-16(8-10-17)15-20-12-6-14-22-18;1-2;/h7-10,18H,2-6,11-14H2,1H3;1-2H3;. The van der Waals surface area contributed by atoms with Crippen LogP contribution in [0.25, 0.3) is 0 Å². The maximum absolute atomic E-state index is 8.24. The van der Waals surface area contributed by atoms with Gasteiger partial charge in [-0.25, -0.2) is 0 Å². The molecule has 0 aliphatic heterocycles. The fourth-order valence-electron chi connectivity index (χ4n) is 1.96. The van der Waals surface area contributed by atoms with Gasteiger partial charge in [0.25, 0.3) is 0 Å². The van der Waals surface area contributed by atoms with Crippen LogP contribution in [0.1, 0.15) is 51.5 Å². The summed E-state index contributed by atoms with van der Waals surface area (Å²) in [5.41, 5.74) is 1.00. The summed E-state index contributed by atoms with van der Waals surface area (Å²) in [5.74, 6) is 0.875. The Kier molecular flexibility index (Phi) is 17.6. The average molecular weight is 391 g/mol. The molecule has 25 heavy (non-hydrogen) atoms.